The first kappa shape index (κ1) is 16.0. The highest BCUT2D eigenvalue weighted by atomic mass is 79.9. The van der Waals surface area contributed by atoms with Crippen LogP contribution in [-0.4, -0.2) is 9.97 Å². The Morgan fingerprint density at radius 3 is 3.04 bits per heavy atom. The number of hydrogen-bond donors (Lipinski definition) is 2. The third-order valence-corrected chi connectivity index (χ3v) is 7.62. The van der Waals surface area contributed by atoms with Gasteiger partial charge in [0.05, 0.1) is 11.0 Å². The zero-order chi connectivity index (χ0) is 17.0. The van der Waals surface area contributed by atoms with Crippen molar-refractivity contribution in [3.05, 3.63) is 49.9 Å². The van der Waals surface area contributed by atoms with Crippen molar-refractivity contribution in [2.45, 2.75) is 57.0 Å². The third-order valence-electron chi connectivity index (χ3n) is 5.79. The van der Waals surface area contributed by atoms with Crippen LogP contribution in [0.5, 0.6) is 0 Å². The summed E-state index contributed by atoms with van der Waals surface area (Å²) in [7, 11) is 0. The van der Waals surface area contributed by atoms with Crippen molar-refractivity contribution in [3.8, 4) is 0 Å². The van der Waals surface area contributed by atoms with Gasteiger partial charge >= 0.3 is 0 Å². The quantitative estimate of drug-likeness (QED) is 0.543. The van der Waals surface area contributed by atoms with Crippen LogP contribution >= 0.6 is 27.3 Å². The van der Waals surface area contributed by atoms with E-state index in [1.165, 1.54) is 41.8 Å². The molecule has 1 saturated carbocycles. The van der Waals surface area contributed by atoms with Gasteiger partial charge in [-0.1, -0.05) is 6.92 Å². The van der Waals surface area contributed by atoms with Crippen molar-refractivity contribution >= 4 is 38.3 Å². The predicted octanol–water partition coefficient (Wildman–Crippen LogP) is 5.61. The number of pyridine rings is 1. The Morgan fingerprint density at radius 2 is 2.20 bits per heavy atom. The summed E-state index contributed by atoms with van der Waals surface area (Å²) < 4.78 is 0.913. The summed E-state index contributed by atoms with van der Waals surface area (Å²) in [6.45, 7) is 3.34. The van der Waals surface area contributed by atoms with E-state index in [2.05, 4.69) is 51.4 Å². The minimum absolute atomic E-state index is 0.402. The van der Waals surface area contributed by atoms with Crippen molar-refractivity contribution in [3.63, 3.8) is 0 Å². The van der Waals surface area contributed by atoms with E-state index in [0.717, 1.165) is 28.6 Å². The van der Waals surface area contributed by atoms with Gasteiger partial charge in [0.25, 0.3) is 0 Å². The van der Waals surface area contributed by atoms with Gasteiger partial charge in [-0.2, -0.15) is 0 Å². The Bertz CT molecular complexity index is 938. The van der Waals surface area contributed by atoms with Crippen LogP contribution in [0.15, 0.2) is 28.9 Å². The van der Waals surface area contributed by atoms with Gasteiger partial charge in [-0.25, -0.2) is 4.98 Å². The fourth-order valence-corrected chi connectivity index (χ4v) is 5.42. The molecule has 3 aromatic rings. The van der Waals surface area contributed by atoms with Crippen LogP contribution in [-0.2, 0) is 18.4 Å². The summed E-state index contributed by atoms with van der Waals surface area (Å²) in [4.78, 5) is 11.3. The SMILES string of the molecule is CC1(c2ccc(CN[C@@H]3CCCc4c3[nH]c3ccc(Br)nc43)s2)CC1. The molecule has 130 valence electrons. The van der Waals surface area contributed by atoms with E-state index < -0.39 is 0 Å². The van der Waals surface area contributed by atoms with Gasteiger partial charge in [-0.3, -0.25) is 0 Å². The summed E-state index contributed by atoms with van der Waals surface area (Å²) in [6.07, 6.45) is 6.24. The number of aromatic amines is 1. The molecule has 0 spiro atoms. The largest absolute Gasteiger partial charge is 0.356 e. The smallest absolute Gasteiger partial charge is 0.106 e. The predicted molar refractivity (Wildman–Crippen MR) is 107 cm³/mol. The molecule has 2 N–H and O–H groups in total. The average molecular weight is 416 g/mol. The molecule has 5 heteroatoms. The Labute approximate surface area is 160 Å². The van der Waals surface area contributed by atoms with Gasteiger partial charge in [0, 0.05) is 39.0 Å². The molecule has 0 radical (unpaired) electrons. The highest BCUT2D eigenvalue weighted by molar-refractivity contribution is 9.10. The Kier molecular flexibility index (Phi) is 3.80. The number of fused-ring (bicyclic) bond motifs is 3. The highest BCUT2D eigenvalue weighted by Gasteiger charge is 2.40. The molecule has 0 aromatic carbocycles. The standard InChI is InChI=1S/C20H22BrN3S/c1-20(9-10-20)16-7-5-12(25-16)11-22-14-4-2-3-13-18(14)23-15-6-8-17(21)24-19(13)15/h5-8,14,22-23H,2-4,9-11H2,1H3/t14-/m1/s1. The van der Waals surface area contributed by atoms with Crippen LogP contribution in [0.25, 0.3) is 11.0 Å². The molecule has 0 saturated heterocycles. The minimum Gasteiger partial charge on any atom is -0.356 e. The zero-order valence-electron chi connectivity index (χ0n) is 14.4. The average Bonchev–Trinajstić information content (AvgIpc) is 3.06. The van der Waals surface area contributed by atoms with Crippen LogP contribution in [0.1, 0.15) is 59.7 Å². The van der Waals surface area contributed by atoms with E-state index in [9.17, 15) is 0 Å². The first-order valence-electron chi connectivity index (χ1n) is 9.12. The lowest BCUT2D eigenvalue weighted by atomic mass is 9.93. The lowest BCUT2D eigenvalue weighted by Gasteiger charge is -2.23. The Hall–Kier alpha value is -1.17. The van der Waals surface area contributed by atoms with Crippen LogP contribution in [0.3, 0.4) is 0 Å². The van der Waals surface area contributed by atoms with Crippen LogP contribution in [0.4, 0.5) is 0 Å². The summed E-state index contributed by atoms with van der Waals surface area (Å²) in [5.74, 6) is 0. The molecule has 0 unspecified atom stereocenters. The Balaban J connectivity index is 1.37. The van der Waals surface area contributed by atoms with Gasteiger partial charge < -0.3 is 10.3 Å². The number of thiophene rings is 1. The van der Waals surface area contributed by atoms with Crippen molar-refractivity contribution < 1.29 is 0 Å². The number of aryl methyl sites for hydroxylation is 1. The molecule has 1 atom stereocenters. The van der Waals surface area contributed by atoms with Gasteiger partial charge in [0.1, 0.15) is 4.60 Å². The maximum Gasteiger partial charge on any atom is 0.106 e. The second kappa shape index (κ2) is 5.93. The molecule has 0 amide bonds. The van der Waals surface area contributed by atoms with E-state index in [0.29, 0.717) is 11.5 Å². The van der Waals surface area contributed by atoms with E-state index in [1.54, 1.807) is 4.88 Å². The normalized spacial score (nSPS) is 21.4. The summed E-state index contributed by atoms with van der Waals surface area (Å²) in [5, 5.41) is 3.79. The molecule has 25 heavy (non-hydrogen) atoms. The van der Waals surface area contributed by atoms with Gasteiger partial charge in [-0.15, -0.1) is 11.3 Å². The molecule has 1 fully saturated rings. The molecular formula is C20H22BrN3S. The molecule has 5 rings (SSSR count). The molecule has 2 aliphatic carbocycles. The zero-order valence-corrected chi connectivity index (χ0v) is 16.8. The van der Waals surface area contributed by atoms with Crippen LogP contribution in [0, 0.1) is 0 Å². The molecule has 0 bridgehead atoms. The maximum absolute atomic E-state index is 4.70. The first-order chi connectivity index (χ1) is 12.1. The van der Waals surface area contributed by atoms with Crippen LogP contribution < -0.4 is 5.32 Å². The number of rotatable bonds is 4. The second-order valence-electron chi connectivity index (χ2n) is 7.70. The molecular weight excluding hydrogens is 394 g/mol. The topological polar surface area (TPSA) is 40.7 Å². The highest BCUT2D eigenvalue weighted by Crippen LogP contribution is 2.50. The van der Waals surface area contributed by atoms with Gasteiger partial charge in [-0.05, 0) is 72.3 Å². The number of aromatic nitrogens is 2. The fourth-order valence-electron chi connectivity index (χ4n) is 3.95. The summed E-state index contributed by atoms with van der Waals surface area (Å²) >= 11 is 5.49. The monoisotopic (exact) mass is 415 g/mol. The number of nitrogens with zero attached hydrogens (tertiary/aromatic N) is 1. The van der Waals surface area contributed by atoms with Crippen molar-refractivity contribution in [2.24, 2.45) is 0 Å². The van der Waals surface area contributed by atoms with E-state index in [1.807, 2.05) is 17.4 Å². The second-order valence-corrected chi connectivity index (χ2v) is 9.68. The minimum atomic E-state index is 0.402. The third kappa shape index (κ3) is 2.86. The van der Waals surface area contributed by atoms with Gasteiger partial charge in [0.2, 0.25) is 0 Å². The van der Waals surface area contributed by atoms with E-state index >= 15 is 0 Å². The maximum atomic E-state index is 4.70. The number of nitrogens with one attached hydrogen (secondary N) is 2. The molecule has 0 aliphatic heterocycles. The molecule has 3 aromatic heterocycles. The number of H-pyrrole nitrogens is 1. The number of halogens is 1. The summed E-state index contributed by atoms with van der Waals surface area (Å²) in [6, 6.07) is 9.19. The van der Waals surface area contributed by atoms with Crippen molar-refractivity contribution in [1.82, 2.24) is 15.3 Å². The summed E-state index contributed by atoms with van der Waals surface area (Å²) in [5.41, 5.74) is 5.52. The van der Waals surface area contributed by atoms with E-state index in [-0.39, 0.29) is 0 Å². The fraction of sp³-hybridized carbons (Fsp3) is 0.450. The van der Waals surface area contributed by atoms with Crippen molar-refractivity contribution in [1.29, 1.82) is 0 Å². The van der Waals surface area contributed by atoms with Gasteiger partial charge in [0.15, 0.2) is 0 Å². The molecule has 3 nitrogen and oxygen atoms in total. The Morgan fingerprint density at radius 1 is 1.32 bits per heavy atom. The number of hydrogen-bond acceptors (Lipinski definition) is 3. The van der Waals surface area contributed by atoms with Crippen molar-refractivity contribution in [2.75, 3.05) is 0 Å². The van der Waals surface area contributed by atoms with Crippen LogP contribution in [0.2, 0.25) is 0 Å². The first-order valence-corrected chi connectivity index (χ1v) is 10.7. The molecule has 3 heterocycles. The lowest BCUT2D eigenvalue weighted by molar-refractivity contribution is 0.454. The lowest BCUT2D eigenvalue weighted by Crippen LogP contribution is -2.24. The van der Waals surface area contributed by atoms with E-state index in [4.69, 9.17) is 4.98 Å². The molecule has 2 aliphatic rings.